The number of likely N-dealkylation sites (N-methyl/N-ethyl adjacent to an activating group) is 1. The minimum atomic E-state index is -0.707. The molecule has 0 spiro atoms. The Hall–Kier alpha value is -2.58. The molecule has 0 aliphatic heterocycles. The maximum Gasteiger partial charge on any atom is 0.328 e. The van der Waals surface area contributed by atoms with Crippen molar-refractivity contribution < 1.29 is 9.59 Å². The second-order valence-corrected chi connectivity index (χ2v) is 5.95. The van der Waals surface area contributed by atoms with E-state index in [1.54, 1.807) is 18.2 Å². The van der Waals surface area contributed by atoms with Gasteiger partial charge in [-0.15, -0.1) is 0 Å². The summed E-state index contributed by atoms with van der Waals surface area (Å²) in [4.78, 5) is 49.9. The van der Waals surface area contributed by atoms with Crippen LogP contribution in [0.25, 0.3) is 0 Å². The fourth-order valence-electron chi connectivity index (χ4n) is 1.93. The number of nitrogens with one attached hydrogen (secondary N) is 2. The Morgan fingerprint density at radius 3 is 2.44 bits per heavy atom. The van der Waals surface area contributed by atoms with Gasteiger partial charge in [-0.05, 0) is 12.1 Å². The predicted molar refractivity (Wildman–Crippen MR) is 94.1 cm³/mol. The van der Waals surface area contributed by atoms with Crippen molar-refractivity contribution in [3.05, 3.63) is 61.3 Å². The average molecular weight is 385 g/mol. The Morgan fingerprint density at radius 2 is 1.84 bits per heavy atom. The summed E-state index contributed by atoms with van der Waals surface area (Å²) in [5, 5.41) is 3.08. The number of carbonyl (C=O) groups excluding carboxylic acids is 2. The zero-order chi connectivity index (χ0) is 18.6. The highest BCUT2D eigenvalue weighted by molar-refractivity contribution is 6.39. The first-order valence-corrected chi connectivity index (χ1v) is 7.81. The topological polar surface area (TPSA) is 104 Å². The number of halogens is 2. The maximum absolute atomic E-state index is 12.1. The van der Waals surface area contributed by atoms with E-state index in [9.17, 15) is 19.2 Å². The standard InChI is InChI=1S/C15H14Cl2N4O4/c1-20(13(24)8-21-6-5-11(22)19-15(21)25)7-12(23)18-14-9(16)3-2-4-10(14)17/h2-6H,7-8H2,1H3,(H,18,23)(H,19,22,25). The first-order chi connectivity index (χ1) is 11.8. The minimum absolute atomic E-state index is 0.258. The van der Waals surface area contributed by atoms with E-state index >= 15 is 0 Å². The SMILES string of the molecule is CN(CC(=O)Nc1c(Cl)cccc1Cl)C(=O)Cn1ccc(=O)[nH]c1=O. The number of hydrogen-bond acceptors (Lipinski definition) is 4. The van der Waals surface area contributed by atoms with Gasteiger partial charge < -0.3 is 10.2 Å². The second kappa shape index (κ2) is 8.00. The van der Waals surface area contributed by atoms with E-state index in [1.807, 2.05) is 4.98 Å². The van der Waals surface area contributed by atoms with E-state index in [1.165, 1.54) is 13.2 Å². The van der Waals surface area contributed by atoms with Crippen molar-refractivity contribution in [2.24, 2.45) is 0 Å². The smallest absolute Gasteiger partial charge is 0.328 e. The van der Waals surface area contributed by atoms with Gasteiger partial charge in [0.2, 0.25) is 11.8 Å². The molecule has 1 aromatic carbocycles. The van der Waals surface area contributed by atoms with Gasteiger partial charge in [0.15, 0.2) is 0 Å². The van der Waals surface area contributed by atoms with E-state index in [0.29, 0.717) is 0 Å². The molecule has 0 bridgehead atoms. The van der Waals surface area contributed by atoms with Crippen LogP contribution in [0.1, 0.15) is 0 Å². The van der Waals surface area contributed by atoms with Crippen LogP contribution in [0.2, 0.25) is 10.0 Å². The molecule has 2 amide bonds. The van der Waals surface area contributed by atoms with Crippen LogP contribution in [0.15, 0.2) is 40.1 Å². The second-order valence-electron chi connectivity index (χ2n) is 5.13. The molecule has 10 heteroatoms. The maximum atomic E-state index is 12.1. The Balaban J connectivity index is 1.99. The van der Waals surface area contributed by atoms with Crippen molar-refractivity contribution in [3.8, 4) is 0 Å². The summed E-state index contributed by atoms with van der Waals surface area (Å²) in [5.41, 5.74) is -1.01. The number of rotatable bonds is 5. The number of anilines is 1. The number of carbonyl (C=O) groups is 2. The molecule has 1 aromatic heterocycles. The third-order valence-corrected chi connectivity index (χ3v) is 3.87. The lowest BCUT2D eigenvalue weighted by Crippen LogP contribution is -2.39. The zero-order valence-corrected chi connectivity index (χ0v) is 14.6. The highest BCUT2D eigenvalue weighted by Gasteiger charge is 2.16. The molecule has 0 atom stereocenters. The molecular formula is C15H14Cl2N4O4. The van der Waals surface area contributed by atoms with Gasteiger partial charge in [-0.3, -0.25) is 23.9 Å². The molecule has 0 aliphatic carbocycles. The zero-order valence-electron chi connectivity index (χ0n) is 13.1. The van der Waals surface area contributed by atoms with Crippen LogP contribution >= 0.6 is 23.2 Å². The van der Waals surface area contributed by atoms with Crippen LogP contribution < -0.4 is 16.6 Å². The Labute approximate surface area is 152 Å². The van der Waals surface area contributed by atoms with Crippen molar-refractivity contribution in [2.45, 2.75) is 6.54 Å². The van der Waals surface area contributed by atoms with E-state index in [4.69, 9.17) is 23.2 Å². The van der Waals surface area contributed by atoms with Gasteiger partial charge in [0.25, 0.3) is 5.56 Å². The molecule has 1 heterocycles. The van der Waals surface area contributed by atoms with E-state index in [2.05, 4.69) is 5.32 Å². The molecule has 2 rings (SSSR count). The third kappa shape index (κ3) is 4.94. The molecule has 0 unspecified atom stereocenters. The minimum Gasteiger partial charge on any atom is -0.335 e. The van der Waals surface area contributed by atoms with E-state index < -0.39 is 23.1 Å². The van der Waals surface area contributed by atoms with Crippen molar-refractivity contribution in [1.29, 1.82) is 0 Å². The predicted octanol–water partition coefficient (Wildman–Crippen LogP) is 0.940. The number of nitrogens with zero attached hydrogens (tertiary/aromatic N) is 2. The van der Waals surface area contributed by atoms with Gasteiger partial charge in [-0.25, -0.2) is 4.79 Å². The monoisotopic (exact) mass is 384 g/mol. The lowest BCUT2D eigenvalue weighted by atomic mass is 10.3. The highest BCUT2D eigenvalue weighted by Crippen LogP contribution is 2.29. The van der Waals surface area contributed by atoms with Crippen LogP contribution in [0, 0.1) is 0 Å². The van der Waals surface area contributed by atoms with Crippen molar-refractivity contribution in [2.75, 3.05) is 18.9 Å². The number of aromatic amines is 1. The summed E-state index contributed by atoms with van der Waals surface area (Å²) in [5.74, 6) is -0.991. The highest BCUT2D eigenvalue weighted by atomic mass is 35.5. The van der Waals surface area contributed by atoms with Crippen molar-refractivity contribution >= 4 is 40.7 Å². The molecule has 0 saturated carbocycles. The summed E-state index contributed by atoms with van der Waals surface area (Å²) in [6.45, 7) is -0.579. The summed E-state index contributed by atoms with van der Waals surface area (Å²) < 4.78 is 1.03. The number of aromatic nitrogens is 2. The number of amides is 2. The molecule has 25 heavy (non-hydrogen) atoms. The summed E-state index contributed by atoms with van der Waals surface area (Å²) in [7, 11) is 1.41. The molecule has 0 saturated heterocycles. The molecule has 132 valence electrons. The Kier molecular flexibility index (Phi) is 6.00. The van der Waals surface area contributed by atoms with Gasteiger partial charge in [-0.1, -0.05) is 29.3 Å². The third-order valence-electron chi connectivity index (χ3n) is 3.24. The average Bonchev–Trinajstić information content (AvgIpc) is 2.53. The molecule has 2 aromatic rings. The van der Waals surface area contributed by atoms with Crippen LogP contribution in [-0.2, 0) is 16.1 Å². The summed E-state index contributed by atoms with van der Waals surface area (Å²) in [6.07, 6.45) is 1.20. The van der Waals surface area contributed by atoms with Crippen molar-refractivity contribution in [1.82, 2.24) is 14.5 Å². The first-order valence-electron chi connectivity index (χ1n) is 7.05. The molecule has 0 radical (unpaired) electrons. The number of para-hydroxylation sites is 1. The fourth-order valence-corrected chi connectivity index (χ4v) is 2.43. The van der Waals surface area contributed by atoms with Gasteiger partial charge in [0.1, 0.15) is 6.54 Å². The van der Waals surface area contributed by atoms with Crippen LogP contribution in [0.3, 0.4) is 0 Å². The fraction of sp³-hybridized carbons (Fsp3) is 0.200. The number of H-pyrrole nitrogens is 1. The van der Waals surface area contributed by atoms with Crippen LogP contribution in [-0.4, -0.2) is 39.9 Å². The van der Waals surface area contributed by atoms with Gasteiger partial charge in [-0.2, -0.15) is 0 Å². The molecular weight excluding hydrogens is 371 g/mol. The lowest BCUT2D eigenvalue weighted by Gasteiger charge is -2.18. The van der Waals surface area contributed by atoms with Crippen LogP contribution in [0.5, 0.6) is 0 Å². The number of hydrogen-bond donors (Lipinski definition) is 2. The molecule has 8 nitrogen and oxygen atoms in total. The molecule has 2 N–H and O–H groups in total. The normalized spacial score (nSPS) is 10.4. The summed E-state index contributed by atoms with van der Waals surface area (Å²) >= 11 is 11.9. The van der Waals surface area contributed by atoms with Crippen LogP contribution in [0.4, 0.5) is 5.69 Å². The quantitative estimate of drug-likeness (QED) is 0.799. The Morgan fingerprint density at radius 1 is 1.20 bits per heavy atom. The Bertz CT molecular complexity index is 902. The van der Waals surface area contributed by atoms with Crippen molar-refractivity contribution in [3.63, 3.8) is 0 Å². The van der Waals surface area contributed by atoms with E-state index in [-0.39, 0.29) is 28.8 Å². The first kappa shape index (κ1) is 18.8. The lowest BCUT2D eigenvalue weighted by molar-refractivity contribution is -0.133. The molecule has 0 fully saturated rings. The largest absolute Gasteiger partial charge is 0.335 e. The number of benzene rings is 1. The van der Waals surface area contributed by atoms with Gasteiger partial charge in [0, 0.05) is 19.3 Å². The molecule has 0 aliphatic rings. The van der Waals surface area contributed by atoms with E-state index in [0.717, 1.165) is 15.5 Å². The van der Waals surface area contributed by atoms with Gasteiger partial charge >= 0.3 is 5.69 Å². The van der Waals surface area contributed by atoms with Gasteiger partial charge in [0.05, 0.1) is 22.3 Å². The summed E-state index contributed by atoms with van der Waals surface area (Å²) in [6, 6.07) is 5.90.